The first-order valence-corrected chi connectivity index (χ1v) is 6.39. The Labute approximate surface area is 94.7 Å². The summed E-state index contributed by atoms with van der Waals surface area (Å²) in [7, 11) is 0. The molecule has 0 aliphatic rings. The van der Waals surface area contributed by atoms with Crippen molar-refractivity contribution < 1.29 is 4.74 Å². The second-order valence-electron chi connectivity index (χ2n) is 4.11. The molecule has 0 saturated carbocycles. The van der Waals surface area contributed by atoms with E-state index in [1.54, 1.807) is 0 Å². The summed E-state index contributed by atoms with van der Waals surface area (Å²) in [6, 6.07) is 0.429. The predicted molar refractivity (Wildman–Crippen MR) is 65.6 cm³/mol. The minimum Gasteiger partial charge on any atom is -0.381 e. The fourth-order valence-electron chi connectivity index (χ4n) is 1.60. The fourth-order valence-corrected chi connectivity index (χ4v) is 1.60. The molecule has 0 bridgehead atoms. The van der Waals surface area contributed by atoms with Gasteiger partial charge < -0.3 is 4.74 Å². The van der Waals surface area contributed by atoms with Crippen molar-refractivity contribution in [1.29, 1.82) is 0 Å². The Balaban J connectivity index is 3.29. The average Bonchev–Trinajstić information content (AvgIpc) is 2.27. The van der Waals surface area contributed by atoms with E-state index in [0.29, 0.717) is 6.04 Å². The van der Waals surface area contributed by atoms with E-state index >= 15 is 0 Å². The molecule has 0 aromatic carbocycles. The van der Waals surface area contributed by atoms with Crippen molar-refractivity contribution in [2.24, 2.45) is 5.84 Å². The second kappa shape index (κ2) is 12.0. The molecule has 15 heavy (non-hydrogen) atoms. The maximum absolute atomic E-state index is 5.50. The molecule has 0 aromatic rings. The molecule has 0 fully saturated rings. The first-order valence-electron chi connectivity index (χ1n) is 6.39. The quantitative estimate of drug-likeness (QED) is 0.317. The van der Waals surface area contributed by atoms with Gasteiger partial charge in [0.25, 0.3) is 0 Å². The molecule has 0 heterocycles. The van der Waals surface area contributed by atoms with Gasteiger partial charge in [-0.3, -0.25) is 11.3 Å². The van der Waals surface area contributed by atoms with Crippen LogP contribution in [-0.4, -0.2) is 19.3 Å². The van der Waals surface area contributed by atoms with Crippen LogP contribution < -0.4 is 11.3 Å². The van der Waals surface area contributed by atoms with Crippen molar-refractivity contribution in [3.8, 4) is 0 Å². The lowest BCUT2D eigenvalue weighted by atomic mass is 10.1. The van der Waals surface area contributed by atoms with Gasteiger partial charge in [0.1, 0.15) is 0 Å². The molecule has 0 aliphatic heterocycles. The number of hydrazine groups is 1. The van der Waals surface area contributed by atoms with Crippen molar-refractivity contribution in [2.45, 2.75) is 64.8 Å². The molecule has 0 saturated heterocycles. The maximum atomic E-state index is 5.50. The average molecular weight is 216 g/mol. The van der Waals surface area contributed by atoms with Gasteiger partial charge in [-0.2, -0.15) is 0 Å². The van der Waals surface area contributed by atoms with Crippen LogP contribution in [0.1, 0.15) is 58.8 Å². The predicted octanol–water partition coefficient (Wildman–Crippen LogP) is 2.61. The SMILES string of the molecule is CCCCCCC(CCOCCC)NN. The lowest BCUT2D eigenvalue weighted by molar-refractivity contribution is 0.123. The highest BCUT2D eigenvalue weighted by Crippen LogP contribution is 2.07. The summed E-state index contributed by atoms with van der Waals surface area (Å²) in [6.45, 7) is 6.06. The number of hydrogen-bond acceptors (Lipinski definition) is 3. The van der Waals surface area contributed by atoms with Crippen LogP contribution in [0.4, 0.5) is 0 Å². The summed E-state index contributed by atoms with van der Waals surface area (Å²) >= 11 is 0. The van der Waals surface area contributed by atoms with E-state index in [9.17, 15) is 0 Å². The number of rotatable bonds is 11. The van der Waals surface area contributed by atoms with Crippen LogP contribution in [-0.2, 0) is 4.74 Å². The fraction of sp³-hybridized carbons (Fsp3) is 1.00. The van der Waals surface area contributed by atoms with Crippen LogP contribution in [0.5, 0.6) is 0 Å². The number of unbranched alkanes of at least 4 members (excludes halogenated alkanes) is 3. The Morgan fingerprint density at radius 2 is 1.80 bits per heavy atom. The van der Waals surface area contributed by atoms with Crippen LogP contribution in [0.2, 0.25) is 0 Å². The van der Waals surface area contributed by atoms with E-state index in [2.05, 4.69) is 19.3 Å². The van der Waals surface area contributed by atoms with Gasteiger partial charge in [-0.15, -0.1) is 0 Å². The minimum atomic E-state index is 0.429. The highest BCUT2D eigenvalue weighted by Gasteiger charge is 2.05. The molecule has 0 aromatic heterocycles. The van der Waals surface area contributed by atoms with Gasteiger partial charge in [0.15, 0.2) is 0 Å². The molecule has 0 radical (unpaired) electrons. The van der Waals surface area contributed by atoms with Crippen molar-refractivity contribution in [2.75, 3.05) is 13.2 Å². The van der Waals surface area contributed by atoms with Gasteiger partial charge in [-0.1, -0.05) is 39.5 Å². The number of ether oxygens (including phenoxy) is 1. The standard InChI is InChI=1S/C12H28N2O/c1-3-5-6-7-8-12(14-13)9-11-15-10-4-2/h12,14H,3-11,13H2,1-2H3. The molecule has 3 heteroatoms. The van der Waals surface area contributed by atoms with Crippen LogP contribution in [0.15, 0.2) is 0 Å². The Morgan fingerprint density at radius 1 is 1.00 bits per heavy atom. The van der Waals surface area contributed by atoms with Crippen molar-refractivity contribution in [3.05, 3.63) is 0 Å². The normalized spacial score (nSPS) is 13.0. The molecular formula is C12H28N2O. The van der Waals surface area contributed by atoms with E-state index in [1.807, 2.05) is 0 Å². The second-order valence-corrected chi connectivity index (χ2v) is 4.11. The number of nitrogens with two attached hydrogens (primary N) is 1. The number of nitrogens with one attached hydrogen (secondary N) is 1. The first kappa shape index (κ1) is 14.9. The molecule has 3 N–H and O–H groups in total. The van der Waals surface area contributed by atoms with Gasteiger partial charge in [-0.25, -0.2) is 0 Å². The van der Waals surface area contributed by atoms with Crippen molar-refractivity contribution in [1.82, 2.24) is 5.43 Å². The largest absolute Gasteiger partial charge is 0.381 e. The highest BCUT2D eigenvalue weighted by molar-refractivity contribution is 4.63. The van der Waals surface area contributed by atoms with E-state index in [-0.39, 0.29) is 0 Å². The van der Waals surface area contributed by atoms with Gasteiger partial charge >= 0.3 is 0 Å². The zero-order valence-electron chi connectivity index (χ0n) is 10.4. The zero-order valence-corrected chi connectivity index (χ0v) is 10.4. The monoisotopic (exact) mass is 216 g/mol. The summed E-state index contributed by atoms with van der Waals surface area (Å²) in [5.74, 6) is 5.50. The molecular weight excluding hydrogens is 188 g/mol. The molecule has 1 atom stereocenters. The van der Waals surface area contributed by atoms with E-state index in [0.717, 1.165) is 26.1 Å². The summed E-state index contributed by atoms with van der Waals surface area (Å²) in [5.41, 5.74) is 2.88. The third-order valence-corrected chi connectivity index (χ3v) is 2.60. The molecule has 0 amide bonds. The van der Waals surface area contributed by atoms with Gasteiger partial charge in [0, 0.05) is 19.3 Å². The third kappa shape index (κ3) is 10.2. The minimum absolute atomic E-state index is 0.429. The van der Waals surface area contributed by atoms with Crippen LogP contribution in [0.25, 0.3) is 0 Å². The lowest BCUT2D eigenvalue weighted by Gasteiger charge is -2.15. The Hall–Kier alpha value is -0.120. The summed E-state index contributed by atoms with van der Waals surface area (Å²) in [4.78, 5) is 0. The van der Waals surface area contributed by atoms with E-state index < -0.39 is 0 Å². The molecule has 92 valence electrons. The topological polar surface area (TPSA) is 47.3 Å². The van der Waals surface area contributed by atoms with Crippen LogP contribution >= 0.6 is 0 Å². The van der Waals surface area contributed by atoms with Gasteiger partial charge in [0.05, 0.1) is 0 Å². The molecule has 0 rings (SSSR count). The Kier molecular flexibility index (Phi) is 11.9. The molecule has 0 aliphatic carbocycles. The highest BCUT2D eigenvalue weighted by atomic mass is 16.5. The maximum Gasteiger partial charge on any atom is 0.0481 e. The van der Waals surface area contributed by atoms with Crippen LogP contribution in [0.3, 0.4) is 0 Å². The van der Waals surface area contributed by atoms with Gasteiger partial charge in [0.2, 0.25) is 0 Å². The molecule has 3 nitrogen and oxygen atoms in total. The first-order chi connectivity index (χ1) is 7.35. The van der Waals surface area contributed by atoms with Crippen LogP contribution in [0, 0.1) is 0 Å². The Bertz CT molecular complexity index is 108. The molecule has 1 unspecified atom stereocenters. The van der Waals surface area contributed by atoms with Crippen molar-refractivity contribution in [3.63, 3.8) is 0 Å². The van der Waals surface area contributed by atoms with E-state index in [4.69, 9.17) is 10.6 Å². The molecule has 0 spiro atoms. The lowest BCUT2D eigenvalue weighted by Crippen LogP contribution is -2.36. The number of hydrogen-bond donors (Lipinski definition) is 2. The summed E-state index contributed by atoms with van der Waals surface area (Å²) < 4.78 is 5.45. The third-order valence-electron chi connectivity index (χ3n) is 2.60. The summed E-state index contributed by atoms with van der Waals surface area (Å²) in [5, 5.41) is 0. The van der Waals surface area contributed by atoms with Gasteiger partial charge in [-0.05, 0) is 19.3 Å². The summed E-state index contributed by atoms with van der Waals surface area (Å²) in [6.07, 6.45) is 8.52. The Morgan fingerprint density at radius 3 is 2.40 bits per heavy atom. The van der Waals surface area contributed by atoms with E-state index in [1.165, 1.54) is 32.1 Å². The van der Waals surface area contributed by atoms with Crippen molar-refractivity contribution >= 4 is 0 Å². The zero-order chi connectivity index (χ0) is 11.4. The smallest absolute Gasteiger partial charge is 0.0481 e.